The number of nitrogens with one attached hydrogen (secondary N) is 1. The number of hydrogen-bond acceptors (Lipinski definition) is 5. The lowest BCUT2D eigenvalue weighted by Gasteiger charge is -2.08. The molecule has 0 aliphatic carbocycles. The standard InChI is InChI=1S/C24H27N5O3/c1-15-11-16(2)28(26-15)14-21-9-10-22(32-21)24(30)25-23-17(3)27-29(18(23)4)13-19-7-6-8-20(12-19)31-5/h6-12H,13-14H2,1-5H3,(H,25,30). The van der Waals surface area contributed by atoms with Crippen molar-refractivity contribution in [3.63, 3.8) is 0 Å². The lowest BCUT2D eigenvalue weighted by Crippen LogP contribution is -2.12. The van der Waals surface area contributed by atoms with Crippen molar-refractivity contribution in [3.8, 4) is 5.75 Å². The van der Waals surface area contributed by atoms with Gasteiger partial charge in [-0.25, -0.2) is 0 Å². The van der Waals surface area contributed by atoms with Gasteiger partial charge >= 0.3 is 0 Å². The van der Waals surface area contributed by atoms with Gasteiger partial charge in [-0.3, -0.25) is 14.2 Å². The Morgan fingerprint density at radius 2 is 1.84 bits per heavy atom. The molecule has 0 unspecified atom stereocenters. The molecule has 0 saturated carbocycles. The van der Waals surface area contributed by atoms with Crippen LogP contribution in [0.3, 0.4) is 0 Å². The molecule has 4 rings (SSSR count). The monoisotopic (exact) mass is 433 g/mol. The molecule has 4 aromatic rings. The fourth-order valence-electron chi connectivity index (χ4n) is 3.72. The molecular weight excluding hydrogens is 406 g/mol. The minimum Gasteiger partial charge on any atom is -0.497 e. The van der Waals surface area contributed by atoms with Crippen LogP contribution in [0.15, 0.2) is 46.9 Å². The summed E-state index contributed by atoms with van der Waals surface area (Å²) in [4.78, 5) is 12.8. The van der Waals surface area contributed by atoms with E-state index in [-0.39, 0.29) is 11.7 Å². The van der Waals surface area contributed by atoms with E-state index in [1.54, 1.807) is 19.2 Å². The molecule has 0 aliphatic rings. The normalized spacial score (nSPS) is 11.0. The molecule has 1 aromatic carbocycles. The summed E-state index contributed by atoms with van der Waals surface area (Å²) in [5, 5.41) is 12.0. The average Bonchev–Trinajstić information content (AvgIpc) is 3.43. The Hall–Kier alpha value is -3.81. The van der Waals surface area contributed by atoms with Gasteiger partial charge in [0, 0.05) is 5.69 Å². The molecule has 3 heterocycles. The Balaban J connectivity index is 1.48. The Kier molecular flexibility index (Phi) is 5.85. The van der Waals surface area contributed by atoms with Crippen molar-refractivity contribution in [1.29, 1.82) is 0 Å². The average molecular weight is 434 g/mol. The molecule has 0 saturated heterocycles. The third-order valence-electron chi connectivity index (χ3n) is 5.38. The zero-order chi connectivity index (χ0) is 22.8. The summed E-state index contributed by atoms with van der Waals surface area (Å²) < 4.78 is 14.8. The maximum absolute atomic E-state index is 12.8. The zero-order valence-electron chi connectivity index (χ0n) is 19.0. The molecule has 0 bridgehead atoms. The van der Waals surface area contributed by atoms with Crippen LogP contribution in [0, 0.1) is 27.7 Å². The van der Waals surface area contributed by atoms with Gasteiger partial charge in [0.2, 0.25) is 0 Å². The lowest BCUT2D eigenvalue weighted by molar-refractivity contribution is 0.0994. The predicted octanol–water partition coefficient (Wildman–Crippen LogP) is 4.26. The van der Waals surface area contributed by atoms with Crippen LogP contribution in [-0.4, -0.2) is 32.6 Å². The fraction of sp³-hybridized carbons (Fsp3) is 0.292. The van der Waals surface area contributed by atoms with Crippen LogP contribution in [-0.2, 0) is 13.1 Å². The Morgan fingerprint density at radius 3 is 2.56 bits per heavy atom. The molecule has 8 heteroatoms. The van der Waals surface area contributed by atoms with E-state index in [1.807, 2.05) is 67.4 Å². The highest BCUT2D eigenvalue weighted by atomic mass is 16.5. The number of furan rings is 1. The van der Waals surface area contributed by atoms with Crippen LogP contribution >= 0.6 is 0 Å². The first-order chi connectivity index (χ1) is 15.3. The van der Waals surface area contributed by atoms with Crippen molar-refractivity contribution in [2.75, 3.05) is 12.4 Å². The van der Waals surface area contributed by atoms with Gasteiger partial charge in [-0.1, -0.05) is 12.1 Å². The second-order valence-electron chi connectivity index (χ2n) is 7.86. The topological polar surface area (TPSA) is 87.1 Å². The molecule has 8 nitrogen and oxygen atoms in total. The largest absolute Gasteiger partial charge is 0.497 e. The summed E-state index contributed by atoms with van der Waals surface area (Å²) in [5.74, 6) is 1.41. The van der Waals surface area contributed by atoms with E-state index >= 15 is 0 Å². The van der Waals surface area contributed by atoms with Crippen LogP contribution in [0.4, 0.5) is 5.69 Å². The van der Waals surface area contributed by atoms with E-state index in [9.17, 15) is 4.79 Å². The number of anilines is 1. The van der Waals surface area contributed by atoms with Crippen molar-refractivity contribution in [3.05, 3.63) is 82.3 Å². The van der Waals surface area contributed by atoms with Crippen molar-refractivity contribution < 1.29 is 13.9 Å². The Morgan fingerprint density at radius 1 is 1.03 bits per heavy atom. The van der Waals surface area contributed by atoms with Gasteiger partial charge in [-0.2, -0.15) is 10.2 Å². The summed E-state index contributed by atoms with van der Waals surface area (Å²) in [6.45, 7) is 8.80. The van der Waals surface area contributed by atoms with E-state index < -0.39 is 0 Å². The minimum atomic E-state index is -0.309. The number of nitrogens with zero attached hydrogens (tertiary/aromatic N) is 4. The number of ether oxygens (including phenoxy) is 1. The molecule has 3 aromatic heterocycles. The van der Waals surface area contributed by atoms with Crippen LogP contribution in [0.2, 0.25) is 0 Å². The van der Waals surface area contributed by atoms with E-state index in [2.05, 4.69) is 15.5 Å². The first-order valence-electron chi connectivity index (χ1n) is 10.4. The molecular formula is C24H27N5O3. The van der Waals surface area contributed by atoms with Gasteiger partial charge in [0.1, 0.15) is 11.5 Å². The summed E-state index contributed by atoms with van der Waals surface area (Å²) in [6.07, 6.45) is 0. The molecule has 0 fully saturated rings. The van der Waals surface area contributed by atoms with Gasteiger partial charge in [0.15, 0.2) is 5.76 Å². The smallest absolute Gasteiger partial charge is 0.291 e. The number of rotatable bonds is 7. The fourth-order valence-corrected chi connectivity index (χ4v) is 3.72. The van der Waals surface area contributed by atoms with E-state index in [1.165, 1.54) is 0 Å². The molecule has 1 N–H and O–H groups in total. The third kappa shape index (κ3) is 4.44. The Bertz CT molecular complexity index is 1260. The van der Waals surface area contributed by atoms with Crippen molar-refractivity contribution >= 4 is 11.6 Å². The second-order valence-corrected chi connectivity index (χ2v) is 7.86. The van der Waals surface area contributed by atoms with Crippen molar-refractivity contribution in [2.45, 2.75) is 40.8 Å². The number of carbonyl (C=O) groups is 1. The second kappa shape index (κ2) is 8.74. The molecule has 0 radical (unpaired) electrons. The molecule has 166 valence electrons. The number of aryl methyl sites for hydroxylation is 3. The number of benzene rings is 1. The molecule has 1 amide bonds. The third-order valence-corrected chi connectivity index (χ3v) is 5.38. The lowest BCUT2D eigenvalue weighted by atomic mass is 10.2. The SMILES string of the molecule is COc1cccc(Cn2nc(C)c(NC(=O)c3ccc(Cn4nc(C)cc4C)o3)c2C)c1. The summed E-state index contributed by atoms with van der Waals surface area (Å²) in [7, 11) is 1.65. The minimum absolute atomic E-state index is 0.251. The molecule has 0 aliphatic heterocycles. The van der Waals surface area contributed by atoms with E-state index in [4.69, 9.17) is 9.15 Å². The summed E-state index contributed by atoms with van der Waals surface area (Å²) in [5.41, 5.74) is 5.35. The van der Waals surface area contributed by atoms with Gasteiger partial charge < -0.3 is 14.5 Å². The van der Waals surface area contributed by atoms with Gasteiger partial charge in [0.25, 0.3) is 5.91 Å². The molecule has 0 spiro atoms. The van der Waals surface area contributed by atoms with E-state index in [0.717, 1.165) is 34.1 Å². The maximum Gasteiger partial charge on any atom is 0.291 e. The highest BCUT2D eigenvalue weighted by Gasteiger charge is 2.18. The predicted molar refractivity (Wildman–Crippen MR) is 121 cm³/mol. The van der Waals surface area contributed by atoms with Gasteiger partial charge in [-0.05, 0) is 63.6 Å². The van der Waals surface area contributed by atoms with Gasteiger partial charge in [0.05, 0.1) is 43.0 Å². The van der Waals surface area contributed by atoms with E-state index in [0.29, 0.717) is 24.5 Å². The van der Waals surface area contributed by atoms with Crippen LogP contribution in [0.5, 0.6) is 5.75 Å². The van der Waals surface area contributed by atoms with Crippen LogP contribution < -0.4 is 10.1 Å². The maximum atomic E-state index is 12.8. The molecule has 32 heavy (non-hydrogen) atoms. The number of aromatic nitrogens is 4. The van der Waals surface area contributed by atoms with Crippen LogP contribution in [0.25, 0.3) is 0 Å². The first-order valence-corrected chi connectivity index (χ1v) is 10.4. The van der Waals surface area contributed by atoms with Crippen molar-refractivity contribution in [1.82, 2.24) is 19.6 Å². The number of carbonyl (C=O) groups excluding carboxylic acids is 1. The highest BCUT2D eigenvalue weighted by Crippen LogP contribution is 2.23. The summed E-state index contributed by atoms with van der Waals surface area (Å²) in [6, 6.07) is 13.3. The quantitative estimate of drug-likeness (QED) is 0.470. The first kappa shape index (κ1) is 21.4. The number of amides is 1. The molecule has 0 atom stereocenters. The zero-order valence-corrected chi connectivity index (χ0v) is 19.0. The summed E-state index contributed by atoms with van der Waals surface area (Å²) >= 11 is 0. The Labute approximate surface area is 186 Å². The van der Waals surface area contributed by atoms with Crippen LogP contribution in [0.1, 0.15) is 44.7 Å². The number of hydrogen-bond donors (Lipinski definition) is 1. The van der Waals surface area contributed by atoms with Crippen molar-refractivity contribution in [2.24, 2.45) is 0 Å². The highest BCUT2D eigenvalue weighted by molar-refractivity contribution is 6.02. The number of methoxy groups -OCH3 is 1. The van der Waals surface area contributed by atoms with Gasteiger partial charge in [-0.15, -0.1) is 0 Å².